The summed E-state index contributed by atoms with van der Waals surface area (Å²) < 4.78 is 0. The third-order valence-corrected chi connectivity index (χ3v) is 3.03. The van der Waals surface area contributed by atoms with Crippen molar-refractivity contribution in [2.75, 3.05) is 11.4 Å². The highest BCUT2D eigenvalue weighted by Gasteiger charge is 2.22. The molecule has 0 fully saturated rings. The molecule has 20 heavy (non-hydrogen) atoms. The molecule has 5 nitrogen and oxygen atoms in total. The summed E-state index contributed by atoms with van der Waals surface area (Å²) in [5.74, 6) is 0.0746. The van der Waals surface area contributed by atoms with Crippen LogP contribution in [0.3, 0.4) is 0 Å². The van der Waals surface area contributed by atoms with Gasteiger partial charge in [-0.2, -0.15) is 0 Å². The summed E-state index contributed by atoms with van der Waals surface area (Å²) in [7, 11) is 0. The number of nitrogens with two attached hydrogens (primary N) is 1. The molecular formula is C15H24N4O. The monoisotopic (exact) mass is 276 g/mol. The van der Waals surface area contributed by atoms with Crippen LogP contribution < -0.4 is 16.0 Å². The van der Waals surface area contributed by atoms with Crippen LogP contribution in [0.2, 0.25) is 0 Å². The smallest absolute Gasteiger partial charge is 0.328 e. The van der Waals surface area contributed by atoms with Gasteiger partial charge >= 0.3 is 6.03 Å². The standard InChI is InChI=1S/C15H24N4O/c1-5-12-8-6-7-11(4)13(12)19(14(16)17)15(20)18-9-10(2)3/h6-8,10H,5,9H2,1-4H3,(H3,16,17)(H,18,20). The number of aryl methyl sites for hydroxylation is 2. The number of urea groups is 1. The maximum absolute atomic E-state index is 12.3. The summed E-state index contributed by atoms with van der Waals surface area (Å²) >= 11 is 0. The number of hydrogen-bond acceptors (Lipinski definition) is 2. The van der Waals surface area contributed by atoms with Crippen LogP contribution in [0.4, 0.5) is 10.5 Å². The molecule has 0 saturated heterocycles. The summed E-state index contributed by atoms with van der Waals surface area (Å²) in [4.78, 5) is 13.6. The van der Waals surface area contributed by atoms with Gasteiger partial charge in [-0.25, -0.2) is 9.69 Å². The van der Waals surface area contributed by atoms with Gasteiger partial charge in [-0.15, -0.1) is 0 Å². The second-order valence-electron chi connectivity index (χ2n) is 5.24. The van der Waals surface area contributed by atoms with E-state index in [0.717, 1.165) is 17.5 Å². The zero-order valence-electron chi connectivity index (χ0n) is 12.7. The first-order valence-electron chi connectivity index (χ1n) is 6.88. The molecule has 0 saturated carbocycles. The molecule has 0 spiro atoms. The average Bonchev–Trinajstić information content (AvgIpc) is 2.38. The Kier molecular flexibility index (Phi) is 5.55. The van der Waals surface area contributed by atoms with Gasteiger partial charge in [-0.1, -0.05) is 39.0 Å². The van der Waals surface area contributed by atoms with Crippen molar-refractivity contribution in [1.82, 2.24) is 5.32 Å². The van der Waals surface area contributed by atoms with Gasteiger partial charge in [0.05, 0.1) is 5.69 Å². The molecule has 0 heterocycles. The fourth-order valence-corrected chi connectivity index (χ4v) is 2.03. The van der Waals surface area contributed by atoms with Crippen molar-refractivity contribution >= 4 is 17.7 Å². The van der Waals surface area contributed by atoms with Gasteiger partial charge in [0.15, 0.2) is 0 Å². The van der Waals surface area contributed by atoms with Gasteiger partial charge in [-0.3, -0.25) is 5.41 Å². The summed E-state index contributed by atoms with van der Waals surface area (Å²) in [5, 5.41) is 10.5. The zero-order chi connectivity index (χ0) is 15.3. The fourth-order valence-electron chi connectivity index (χ4n) is 2.03. The first kappa shape index (κ1) is 16.0. The lowest BCUT2D eigenvalue weighted by Gasteiger charge is -2.25. The molecule has 2 amide bonds. The van der Waals surface area contributed by atoms with Crippen LogP contribution in [-0.2, 0) is 6.42 Å². The molecule has 0 aliphatic heterocycles. The molecule has 0 aliphatic carbocycles. The van der Waals surface area contributed by atoms with Crippen molar-refractivity contribution in [1.29, 1.82) is 5.41 Å². The lowest BCUT2D eigenvalue weighted by atomic mass is 10.0. The lowest BCUT2D eigenvalue weighted by Crippen LogP contribution is -2.48. The van der Waals surface area contributed by atoms with Crippen LogP contribution >= 0.6 is 0 Å². The largest absolute Gasteiger partial charge is 0.369 e. The van der Waals surface area contributed by atoms with Gasteiger partial charge < -0.3 is 11.1 Å². The lowest BCUT2D eigenvalue weighted by molar-refractivity contribution is 0.247. The molecule has 0 radical (unpaired) electrons. The average molecular weight is 276 g/mol. The molecule has 110 valence electrons. The molecule has 0 aromatic heterocycles. The highest BCUT2D eigenvalue weighted by atomic mass is 16.2. The highest BCUT2D eigenvalue weighted by molar-refractivity contribution is 6.14. The molecule has 1 rings (SSSR count). The maximum atomic E-state index is 12.3. The molecule has 0 atom stereocenters. The number of para-hydroxylation sites is 1. The van der Waals surface area contributed by atoms with E-state index in [1.807, 2.05) is 45.9 Å². The third-order valence-electron chi connectivity index (χ3n) is 3.03. The molecular weight excluding hydrogens is 252 g/mol. The number of carbonyl (C=O) groups is 1. The van der Waals surface area contributed by atoms with Crippen LogP contribution in [0, 0.1) is 18.3 Å². The predicted molar refractivity (Wildman–Crippen MR) is 83.2 cm³/mol. The Hall–Kier alpha value is -2.04. The molecule has 5 heteroatoms. The zero-order valence-corrected chi connectivity index (χ0v) is 12.7. The first-order chi connectivity index (χ1) is 9.38. The topological polar surface area (TPSA) is 82.2 Å². The number of rotatable bonds is 4. The van der Waals surface area contributed by atoms with Crippen LogP contribution in [0.25, 0.3) is 0 Å². The number of benzene rings is 1. The SMILES string of the molecule is CCc1cccc(C)c1N(C(=N)N)C(=O)NCC(C)C. The van der Waals surface area contributed by atoms with Crippen molar-refractivity contribution in [3.05, 3.63) is 29.3 Å². The number of hydrogen-bond donors (Lipinski definition) is 3. The minimum Gasteiger partial charge on any atom is -0.369 e. The molecule has 1 aromatic rings. The van der Waals surface area contributed by atoms with Gasteiger partial charge in [0.1, 0.15) is 0 Å². The Morgan fingerprint density at radius 1 is 1.45 bits per heavy atom. The van der Waals surface area contributed by atoms with E-state index in [1.54, 1.807) is 0 Å². The van der Waals surface area contributed by atoms with Crippen molar-refractivity contribution in [3.8, 4) is 0 Å². The Morgan fingerprint density at radius 2 is 2.10 bits per heavy atom. The number of amides is 2. The van der Waals surface area contributed by atoms with Gasteiger partial charge in [0.2, 0.25) is 5.96 Å². The molecule has 0 aliphatic rings. The Balaban J connectivity index is 3.15. The minimum absolute atomic E-state index is 0.268. The Labute approximate surface area is 120 Å². The van der Waals surface area contributed by atoms with Gasteiger partial charge in [0.25, 0.3) is 0 Å². The Morgan fingerprint density at radius 3 is 2.60 bits per heavy atom. The second-order valence-corrected chi connectivity index (χ2v) is 5.24. The number of nitrogens with zero attached hydrogens (tertiary/aromatic N) is 1. The van der Waals surface area contributed by atoms with E-state index in [9.17, 15) is 4.79 Å². The van der Waals surface area contributed by atoms with Crippen LogP contribution in [0.15, 0.2) is 18.2 Å². The van der Waals surface area contributed by atoms with Gasteiger partial charge in [0, 0.05) is 6.54 Å². The van der Waals surface area contributed by atoms with E-state index in [4.69, 9.17) is 11.1 Å². The predicted octanol–water partition coefficient (Wildman–Crippen LogP) is 2.62. The summed E-state index contributed by atoms with van der Waals surface area (Å²) in [6.07, 6.45) is 0.776. The van der Waals surface area contributed by atoms with E-state index in [0.29, 0.717) is 18.2 Å². The fraction of sp³-hybridized carbons (Fsp3) is 0.467. The normalized spacial score (nSPS) is 10.4. The van der Waals surface area contributed by atoms with E-state index in [-0.39, 0.29) is 12.0 Å². The number of carbonyl (C=O) groups excluding carboxylic acids is 1. The number of anilines is 1. The summed E-state index contributed by atoms with van der Waals surface area (Å²) in [5.41, 5.74) is 8.26. The van der Waals surface area contributed by atoms with Gasteiger partial charge in [-0.05, 0) is 30.4 Å². The second kappa shape index (κ2) is 6.93. The molecule has 0 unspecified atom stereocenters. The molecule has 4 N–H and O–H groups in total. The highest BCUT2D eigenvalue weighted by Crippen LogP contribution is 2.25. The first-order valence-corrected chi connectivity index (χ1v) is 6.88. The van der Waals surface area contributed by atoms with Crippen molar-refractivity contribution in [3.63, 3.8) is 0 Å². The van der Waals surface area contributed by atoms with Crippen molar-refractivity contribution < 1.29 is 4.79 Å². The number of nitrogens with one attached hydrogen (secondary N) is 2. The van der Waals surface area contributed by atoms with E-state index in [2.05, 4.69) is 5.32 Å². The number of guanidine groups is 1. The van der Waals surface area contributed by atoms with Crippen molar-refractivity contribution in [2.24, 2.45) is 11.7 Å². The van der Waals surface area contributed by atoms with E-state index in [1.165, 1.54) is 4.90 Å². The minimum atomic E-state index is -0.352. The maximum Gasteiger partial charge on any atom is 0.328 e. The summed E-state index contributed by atoms with van der Waals surface area (Å²) in [6, 6.07) is 5.46. The van der Waals surface area contributed by atoms with E-state index < -0.39 is 0 Å². The van der Waals surface area contributed by atoms with Crippen molar-refractivity contribution in [2.45, 2.75) is 34.1 Å². The third kappa shape index (κ3) is 3.73. The Bertz CT molecular complexity index is 497. The van der Waals surface area contributed by atoms with Crippen LogP contribution in [-0.4, -0.2) is 18.5 Å². The van der Waals surface area contributed by atoms with E-state index >= 15 is 0 Å². The van der Waals surface area contributed by atoms with Crippen LogP contribution in [0.5, 0.6) is 0 Å². The summed E-state index contributed by atoms with van der Waals surface area (Å²) in [6.45, 7) is 8.52. The molecule has 0 bridgehead atoms. The molecule has 1 aromatic carbocycles. The van der Waals surface area contributed by atoms with Crippen LogP contribution in [0.1, 0.15) is 31.9 Å². The quantitative estimate of drug-likeness (QED) is 0.583.